The molecule has 0 bridgehead atoms. The molecule has 15 heavy (non-hydrogen) atoms. The van der Waals surface area contributed by atoms with Crippen LogP contribution in [0.3, 0.4) is 0 Å². The predicted octanol–water partition coefficient (Wildman–Crippen LogP) is 0.481. The van der Waals surface area contributed by atoms with E-state index < -0.39 is 12.0 Å². The normalized spacial score (nSPS) is 11.9. The highest BCUT2D eigenvalue weighted by Crippen LogP contribution is 1.90. The molecular formula is C10H19NO4. The molecule has 88 valence electrons. The topological polar surface area (TPSA) is 64.6 Å². The van der Waals surface area contributed by atoms with E-state index in [1.165, 1.54) is 7.11 Å². The molecule has 0 heterocycles. The number of ether oxygens (including phenoxy) is 2. The molecule has 0 rings (SSSR count). The van der Waals surface area contributed by atoms with Crippen LogP contribution in [0.5, 0.6) is 0 Å². The van der Waals surface area contributed by atoms with Crippen LogP contribution in [0.4, 0.5) is 0 Å². The molecule has 1 N–H and O–H groups in total. The summed E-state index contributed by atoms with van der Waals surface area (Å²) >= 11 is 0. The minimum absolute atomic E-state index is 0.205. The molecule has 0 saturated heterocycles. The summed E-state index contributed by atoms with van der Waals surface area (Å²) in [5.74, 6) is -0.651. The van der Waals surface area contributed by atoms with Crippen molar-refractivity contribution in [3.05, 3.63) is 0 Å². The van der Waals surface area contributed by atoms with E-state index in [-0.39, 0.29) is 12.3 Å². The summed E-state index contributed by atoms with van der Waals surface area (Å²) in [7, 11) is 1.29. The van der Waals surface area contributed by atoms with Gasteiger partial charge in [0.25, 0.3) is 0 Å². The summed E-state index contributed by atoms with van der Waals surface area (Å²) in [5, 5.41) is 2.51. The Kier molecular flexibility index (Phi) is 7.62. The zero-order valence-electron chi connectivity index (χ0n) is 9.54. The molecule has 0 aliphatic rings. The lowest BCUT2D eigenvalue weighted by molar-refractivity contribution is -0.144. The molecule has 1 amide bonds. The van der Waals surface area contributed by atoms with Crippen molar-refractivity contribution in [3.63, 3.8) is 0 Å². The van der Waals surface area contributed by atoms with Gasteiger partial charge in [0, 0.05) is 13.0 Å². The van der Waals surface area contributed by atoms with Gasteiger partial charge in [-0.3, -0.25) is 4.79 Å². The first-order valence-electron chi connectivity index (χ1n) is 5.06. The van der Waals surface area contributed by atoms with Crippen LogP contribution in [-0.4, -0.2) is 38.2 Å². The smallest absolute Gasteiger partial charge is 0.328 e. The van der Waals surface area contributed by atoms with Crippen LogP contribution >= 0.6 is 0 Å². The molecule has 0 aromatic heterocycles. The molecule has 0 spiro atoms. The first-order valence-corrected chi connectivity index (χ1v) is 5.06. The maximum absolute atomic E-state index is 11.2. The van der Waals surface area contributed by atoms with Crippen LogP contribution in [0.25, 0.3) is 0 Å². The van der Waals surface area contributed by atoms with E-state index in [4.69, 9.17) is 4.74 Å². The van der Waals surface area contributed by atoms with E-state index in [1.54, 1.807) is 6.92 Å². The van der Waals surface area contributed by atoms with E-state index >= 15 is 0 Å². The molecule has 0 aliphatic heterocycles. The second-order valence-electron chi connectivity index (χ2n) is 3.17. The van der Waals surface area contributed by atoms with Crippen molar-refractivity contribution in [2.45, 2.75) is 32.7 Å². The van der Waals surface area contributed by atoms with Crippen molar-refractivity contribution in [1.82, 2.24) is 5.32 Å². The van der Waals surface area contributed by atoms with Crippen molar-refractivity contribution in [2.24, 2.45) is 0 Å². The van der Waals surface area contributed by atoms with Gasteiger partial charge in [0.1, 0.15) is 6.04 Å². The number of rotatable bonds is 7. The minimum Gasteiger partial charge on any atom is -0.467 e. The number of carbonyl (C=O) groups is 2. The number of amides is 1. The lowest BCUT2D eigenvalue weighted by Crippen LogP contribution is -2.39. The fraction of sp³-hybridized carbons (Fsp3) is 0.800. The highest BCUT2D eigenvalue weighted by atomic mass is 16.5. The van der Waals surface area contributed by atoms with E-state index in [0.29, 0.717) is 13.2 Å². The van der Waals surface area contributed by atoms with Gasteiger partial charge in [0.05, 0.1) is 13.7 Å². The third-order valence-corrected chi connectivity index (χ3v) is 1.75. The zero-order valence-corrected chi connectivity index (χ0v) is 9.54. The van der Waals surface area contributed by atoms with E-state index in [0.717, 1.165) is 6.42 Å². The molecule has 5 heteroatoms. The number of esters is 1. The maximum Gasteiger partial charge on any atom is 0.328 e. The molecule has 0 fully saturated rings. The van der Waals surface area contributed by atoms with Crippen LogP contribution in [0.2, 0.25) is 0 Å². The third-order valence-electron chi connectivity index (χ3n) is 1.75. The summed E-state index contributed by atoms with van der Waals surface area (Å²) in [6, 6.07) is -0.603. The quantitative estimate of drug-likeness (QED) is 0.497. The average Bonchev–Trinajstić information content (AvgIpc) is 2.23. The average molecular weight is 217 g/mol. The summed E-state index contributed by atoms with van der Waals surface area (Å²) < 4.78 is 9.62. The number of hydrogen-bond acceptors (Lipinski definition) is 4. The Hall–Kier alpha value is -1.10. The number of nitrogens with one attached hydrogen (secondary N) is 1. The zero-order chi connectivity index (χ0) is 11.7. The van der Waals surface area contributed by atoms with Crippen LogP contribution in [0.1, 0.15) is 26.7 Å². The highest BCUT2D eigenvalue weighted by Gasteiger charge is 2.14. The molecule has 0 saturated carbocycles. The molecule has 0 radical (unpaired) electrons. The molecule has 0 aliphatic carbocycles. The Balaban J connectivity index is 3.60. The Bertz CT molecular complexity index is 206. The van der Waals surface area contributed by atoms with Crippen molar-refractivity contribution < 1.29 is 19.1 Å². The molecule has 5 nitrogen and oxygen atoms in total. The van der Waals surface area contributed by atoms with Crippen molar-refractivity contribution in [2.75, 3.05) is 20.3 Å². The van der Waals surface area contributed by atoms with Crippen molar-refractivity contribution >= 4 is 11.9 Å². The van der Waals surface area contributed by atoms with E-state index in [2.05, 4.69) is 10.1 Å². The molecular weight excluding hydrogens is 198 g/mol. The van der Waals surface area contributed by atoms with Crippen molar-refractivity contribution in [1.29, 1.82) is 0 Å². The third kappa shape index (κ3) is 6.90. The summed E-state index contributed by atoms with van der Waals surface area (Å²) in [5.41, 5.74) is 0. The molecule has 0 aromatic rings. The lowest BCUT2D eigenvalue weighted by Gasteiger charge is -2.11. The number of hydrogen-bond donors (Lipinski definition) is 1. The Morgan fingerprint density at radius 1 is 1.33 bits per heavy atom. The van der Waals surface area contributed by atoms with Crippen LogP contribution in [0.15, 0.2) is 0 Å². The summed E-state index contributed by atoms with van der Waals surface area (Å²) in [4.78, 5) is 22.2. The number of carbonyl (C=O) groups excluding carboxylic acids is 2. The molecule has 1 unspecified atom stereocenters. The molecule has 1 atom stereocenters. The van der Waals surface area contributed by atoms with Gasteiger partial charge in [-0.25, -0.2) is 4.79 Å². The molecule has 0 aromatic carbocycles. The Labute approximate surface area is 90.1 Å². The van der Waals surface area contributed by atoms with Gasteiger partial charge in [-0.2, -0.15) is 0 Å². The fourth-order valence-corrected chi connectivity index (χ4v) is 0.961. The first kappa shape index (κ1) is 13.9. The summed E-state index contributed by atoms with van der Waals surface area (Å²) in [6.45, 7) is 4.61. The van der Waals surface area contributed by atoms with Gasteiger partial charge in [-0.1, -0.05) is 6.92 Å². The van der Waals surface area contributed by atoms with Gasteiger partial charge in [-0.15, -0.1) is 0 Å². The van der Waals surface area contributed by atoms with Gasteiger partial charge < -0.3 is 14.8 Å². The van der Waals surface area contributed by atoms with Gasteiger partial charge in [0.2, 0.25) is 5.91 Å². The summed E-state index contributed by atoms with van der Waals surface area (Å²) in [6.07, 6.45) is 1.20. The van der Waals surface area contributed by atoms with Gasteiger partial charge in [0.15, 0.2) is 0 Å². The fourth-order valence-electron chi connectivity index (χ4n) is 0.961. The Morgan fingerprint density at radius 2 is 2.00 bits per heavy atom. The van der Waals surface area contributed by atoms with Crippen LogP contribution in [-0.2, 0) is 19.1 Å². The minimum atomic E-state index is -0.603. The monoisotopic (exact) mass is 217 g/mol. The second kappa shape index (κ2) is 8.23. The SMILES string of the molecule is CCCOCCC(=O)NC(C)C(=O)OC. The van der Waals surface area contributed by atoms with Crippen LogP contribution in [0, 0.1) is 0 Å². The van der Waals surface area contributed by atoms with Crippen LogP contribution < -0.4 is 5.32 Å². The highest BCUT2D eigenvalue weighted by molar-refractivity contribution is 5.84. The second-order valence-corrected chi connectivity index (χ2v) is 3.17. The van der Waals surface area contributed by atoms with E-state index in [9.17, 15) is 9.59 Å². The standard InChI is InChI=1S/C10H19NO4/c1-4-6-15-7-5-9(12)11-8(2)10(13)14-3/h8H,4-7H2,1-3H3,(H,11,12). The largest absolute Gasteiger partial charge is 0.467 e. The van der Waals surface area contributed by atoms with Gasteiger partial charge in [-0.05, 0) is 13.3 Å². The lowest BCUT2D eigenvalue weighted by atomic mass is 10.3. The van der Waals surface area contributed by atoms with Crippen molar-refractivity contribution in [3.8, 4) is 0 Å². The maximum atomic E-state index is 11.2. The van der Waals surface area contributed by atoms with E-state index in [1.807, 2.05) is 6.92 Å². The Morgan fingerprint density at radius 3 is 2.53 bits per heavy atom. The predicted molar refractivity (Wildman–Crippen MR) is 55.3 cm³/mol. The van der Waals surface area contributed by atoms with Gasteiger partial charge >= 0.3 is 5.97 Å². The number of methoxy groups -OCH3 is 1. The first-order chi connectivity index (χ1) is 7.11.